The molecule has 2 aromatic heterocycles. The molecule has 1 amide bonds. The summed E-state index contributed by atoms with van der Waals surface area (Å²) >= 11 is 1.23. The Morgan fingerprint density at radius 3 is 2.48 bits per heavy atom. The van der Waals surface area contributed by atoms with Gasteiger partial charge in [-0.15, -0.1) is 15.3 Å². The number of ketones is 1. The molecule has 18 nitrogen and oxygen atoms in total. The Kier molecular flexibility index (Phi) is 15.4. The number of anilines is 1. The molecule has 0 aromatic carbocycles. The number of hydrogen-bond donors (Lipinski definition) is 3. The fourth-order valence-electron chi connectivity index (χ4n) is 8.94. The minimum atomic E-state index is -1.25. The van der Waals surface area contributed by atoms with E-state index in [1.54, 1.807) is 29.6 Å². The number of hydrogen-bond acceptors (Lipinski definition) is 17. The van der Waals surface area contributed by atoms with E-state index >= 15 is 0 Å². The number of aromatic nitrogens is 5. The van der Waals surface area contributed by atoms with Crippen LogP contribution in [0.25, 0.3) is 10.7 Å². The number of nitrogens with one attached hydrogen (secondary N) is 1. The van der Waals surface area contributed by atoms with Gasteiger partial charge in [-0.3, -0.25) is 19.2 Å². The lowest BCUT2D eigenvalue weighted by molar-refractivity contribution is -0.278. The Bertz CT molecular complexity index is 1710. The zero-order valence-corrected chi connectivity index (χ0v) is 36.1. The zero-order chi connectivity index (χ0) is 42.5. The quantitative estimate of drug-likeness (QED) is 0.121. The van der Waals surface area contributed by atoms with E-state index in [9.17, 15) is 24.3 Å². The summed E-state index contributed by atoms with van der Waals surface area (Å²) in [4.78, 5) is 57.8. The number of aldehydes is 1. The van der Waals surface area contributed by atoms with Crippen LogP contribution in [0.1, 0.15) is 87.0 Å². The number of ether oxygens (including phenoxy) is 4. The Hall–Kier alpha value is -3.62. The number of amides is 1. The molecule has 0 spiro atoms. The summed E-state index contributed by atoms with van der Waals surface area (Å²) in [5, 5.41) is 32.2. The minimum absolute atomic E-state index is 0.0178. The van der Waals surface area contributed by atoms with E-state index in [0.717, 1.165) is 6.29 Å². The highest BCUT2D eigenvalue weighted by Gasteiger charge is 2.58. The van der Waals surface area contributed by atoms with Crippen LogP contribution in [0, 0.1) is 23.7 Å². The van der Waals surface area contributed by atoms with Crippen molar-refractivity contribution in [2.24, 2.45) is 23.7 Å². The van der Waals surface area contributed by atoms with Gasteiger partial charge < -0.3 is 44.8 Å². The van der Waals surface area contributed by atoms with Crippen LogP contribution >= 0.6 is 11.3 Å². The summed E-state index contributed by atoms with van der Waals surface area (Å²) in [5.41, 5.74) is 5.04. The van der Waals surface area contributed by atoms with Gasteiger partial charge in [0.15, 0.2) is 22.7 Å². The van der Waals surface area contributed by atoms with Gasteiger partial charge in [0.25, 0.3) is 0 Å². The molecular formula is C39H63N9O9S. The Morgan fingerprint density at radius 2 is 1.83 bits per heavy atom. The number of Topliss-reactive ketones (excluding diaryl/α,β-unsaturated/α-hetero) is 1. The van der Waals surface area contributed by atoms with E-state index in [1.165, 1.54) is 18.3 Å². The first-order valence-corrected chi connectivity index (χ1v) is 21.4. The van der Waals surface area contributed by atoms with Gasteiger partial charge in [0, 0.05) is 37.5 Å². The van der Waals surface area contributed by atoms with Crippen LogP contribution in [0.3, 0.4) is 0 Å². The van der Waals surface area contributed by atoms with Crippen LogP contribution in [-0.4, -0.2) is 146 Å². The number of unbranched alkanes of at least 4 members (excludes halogenated alkanes) is 1. The van der Waals surface area contributed by atoms with Gasteiger partial charge in [-0.2, -0.15) is 0 Å². The maximum atomic E-state index is 14.3. The van der Waals surface area contributed by atoms with Crippen LogP contribution in [0.15, 0.2) is 6.20 Å². The van der Waals surface area contributed by atoms with Crippen LogP contribution in [0.4, 0.5) is 9.93 Å². The molecule has 3 aliphatic rings. The number of likely N-dealkylation sites (N-methyl/N-ethyl adjacent to an activating group) is 1. The first-order chi connectivity index (χ1) is 27.5. The first kappa shape index (κ1) is 45.5. The third-order valence-electron chi connectivity index (χ3n) is 12.1. The second-order valence-corrected chi connectivity index (χ2v) is 17.8. The molecule has 3 saturated heterocycles. The van der Waals surface area contributed by atoms with E-state index in [4.69, 9.17) is 24.7 Å². The predicted molar refractivity (Wildman–Crippen MR) is 214 cm³/mol. The number of nitrogen functional groups attached to an aromatic ring is 1. The summed E-state index contributed by atoms with van der Waals surface area (Å²) in [6.45, 7) is 14.2. The second-order valence-electron chi connectivity index (χ2n) is 16.8. The van der Waals surface area contributed by atoms with Crippen molar-refractivity contribution in [2.45, 2.75) is 148 Å². The van der Waals surface area contributed by atoms with Crippen LogP contribution in [0.2, 0.25) is 0 Å². The summed E-state index contributed by atoms with van der Waals surface area (Å²) in [7, 11) is 3.76. The fourth-order valence-corrected chi connectivity index (χ4v) is 9.50. The van der Waals surface area contributed by atoms with Crippen molar-refractivity contribution < 1.29 is 43.2 Å². The van der Waals surface area contributed by atoms with Gasteiger partial charge in [-0.25, -0.2) is 4.79 Å². The van der Waals surface area contributed by atoms with Crippen molar-refractivity contribution in [3.63, 3.8) is 0 Å². The maximum absolute atomic E-state index is 14.3. The number of aliphatic hydroxyl groups excluding tert-OH is 1. The van der Waals surface area contributed by atoms with Gasteiger partial charge in [0.2, 0.25) is 5.13 Å². The van der Waals surface area contributed by atoms with Gasteiger partial charge in [-0.05, 0) is 92.3 Å². The number of carbonyl (C=O) groups is 4. The van der Waals surface area contributed by atoms with Crippen molar-refractivity contribution in [3.05, 3.63) is 6.20 Å². The van der Waals surface area contributed by atoms with Crippen LogP contribution < -0.4 is 11.1 Å². The van der Waals surface area contributed by atoms with Crippen LogP contribution in [0.5, 0.6) is 0 Å². The molecule has 58 heavy (non-hydrogen) atoms. The molecule has 3 fully saturated rings. The average Bonchev–Trinajstić information content (AvgIpc) is 3.90. The van der Waals surface area contributed by atoms with Crippen molar-refractivity contribution in [1.29, 1.82) is 0 Å². The lowest BCUT2D eigenvalue weighted by atomic mass is 9.79. The van der Waals surface area contributed by atoms with Crippen molar-refractivity contribution in [3.8, 4) is 10.7 Å². The molecule has 0 saturated carbocycles. The molecule has 5 rings (SSSR count). The number of nitrogens with zero attached hydrogens (tertiary/aromatic N) is 7. The molecule has 13 atom stereocenters. The first-order valence-electron chi connectivity index (χ1n) is 20.5. The molecule has 19 heteroatoms. The molecule has 5 heterocycles. The van der Waals surface area contributed by atoms with Gasteiger partial charge in [0.05, 0.1) is 24.4 Å². The number of nitrogens with two attached hydrogens (primary N) is 1. The predicted octanol–water partition coefficient (Wildman–Crippen LogP) is 2.94. The third kappa shape index (κ3) is 10.2. The average molecular weight is 834 g/mol. The SMILES string of the molecule is CC[C@H]1OC(=O)[C@H](C)C(=O)[C@H](C)[C@@H](O[C@@H]2O[C@H](C)CC(N(C)C)C2O)[C@@H](CC=O)C[C@@H](C)CN[C@H](C)[C@H]2N(CCCCn3cc(-c4nnc(N)s4)nn3)C(=O)O[C@]12C. The molecule has 2 aromatic rings. The minimum Gasteiger partial charge on any atom is -0.458 e. The Balaban J connectivity index is 1.37. The van der Waals surface area contributed by atoms with E-state index < -0.39 is 71.8 Å². The fraction of sp³-hybridized carbons (Fsp3) is 0.795. The highest BCUT2D eigenvalue weighted by Crippen LogP contribution is 2.39. The van der Waals surface area contributed by atoms with Crippen LogP contribution in [-0.2, 0) is 39.9 Å². The molecule has 324 valence electrons. The normalized spacial score (nSPS) is 35.6. The summed E-state index contributed by atoms with van der Waals surface area (Å²) in [6, 6.07) is -1.11. The lowest BCUT2D eigenvalue weighted by Gasteiger charge is -2.44. The van der Waals surface area contributed by atoms with Crippen molar-refractivity contribution in [2.75, 3.05) is 32.9 Å². The third-order valence-corrected chi connectivity index (χ3v) is 12.9. The smallest absolute Gasteiger partial charge is 0.410 e. The maximum Gasteiger partial charge on any atom is 0.410 e. The van der Waals surface area contributed by atoms with E-state index in [2.05, 4.69) is 32.7 Å². The van der Waals surface area contributed by atoms with Gasteiger partial charge in [-0.1, -0.05) is 37.3 Å². The summed E-state index contributed by atoms with van der Waals surface area (Å²) in [6.07, 6.45) is 0.869. The van der Waals surface area contributed by atoms with E-state index in [-0.39, 0.29) is 30.5 Å². The molecule has 4 N–H and O–H groups in total. The number of fused-ring (bicyclic) bond motifs is 1. The zero-order valence-electron chi connectivity index (χ0n) is 35.3. The summed E-state index contributed by atoms with van der Waals surface area (Å²) in [5.74, 6) is -3.69. The molecular weight excluding hydrogens is 771 g/mol. The molecule has 0 aliphatic carbocycles. The monoisotopic (exact) mass is 833 g/mol. The number of aliphatic hydroxyl groups is 1. The molecule has 3 aliphatic heterocycles. The number of carbonyl (C=O) groups excluding carboxylic acids is 4. The highest BCUT2D eigenvalue weighted by atomic mass is 32.1. The number of cyclic esters (lactones) is 1. The van der Waals surface area contributed by atoms with Gasteiger partial charge >= 0.3 is 12.1 Å². The Morgan fingerprint density at radius 1 is 1.10 bits per heavy atom. The second kappa shape index (κ2) is 19.6. The topological polar surface area (TPSA) is 226 Å². The summed E-state index contributed by atoms with van der Waals surface area (Å²) < 4.78 is 26.8. The number of rotatable bonds is 12. The van der Waals surface area contributed by atoms with E-state index in [0.29, 0.717) is 67.6 Å². The molecule has 0 radical (unpaired) electrons. The standard InChI is InChI=1S/C39H63N9O9S/c1-10-29-39(7)33(48(38(53)57-39)15-12-11-14-47-20-27(42-45-47)34-43-44-37(40)58-34)25(6)41-19-21(2)17-26(13-16-49)32(23(4)30(50)24(5)35(52)55-29)56-36-31(51)28(46(8)9)18-22(3)54-36/h16,20-26,28-29,31-33,36,41,51H,10-15,17-19H2,1-9H3,(H2,40,44)/t21-,22-,23+,24-,25-,26+,28?,29-,31?,32-,33-,36+,39-/m1/s1. The molecule has 2 unspecified atom stereocenters. The van der Waals surface area contributed by atoms with Crippen molar-refractivity contribution in [1.82, 2.24) is 40.3 Å². The van der Waals surface area contributed by atoms with Crippen molar-refractivity contribution >= 4 is 40.6 Å². The largest absolute Gasteiger partial charge is 0.458 e. The Labute approximate surface area is 344 Å². The van der Waals surface area contributed by atoms with E-state index in [1.807, 2.05) is 39.8 Å². The number of esters is 1. The molecule has 0 bridgehead atoms. The lowest BCUT2D eigenvalue weighted by Crippen LogP contribution is -2.60. The number of aryl methyl sites for hydroxylation is 1. The highest BCUT2D eigenvalue weighted by molar-refractivity contribution is 7.18. The van der Waals surface area contributed by atoms with Gasteiger partial charge in [0.1, 0.15) is 30.1 Å².